The third kappa shape index (κ3) is 3.24. The number of rotatable bonds is 4. The molecule has 9 heteroatoms. The lowest BCUT2D eigenvalue weighted by Crippen LogP contribution is -2.16. The number of carbonyl (C=O) groups is 1. The van der Waals surface area contributed by atoms with Gasteiger partial charge in [0.05, 0.1) is 5.69 Å². The zero-order valence-corrected chi connectivity index (χ0v) is 14.1. The van der Waals surface area contributed by atoms with E-state index in [1.807, 2.05) is 6.92 Å². The molecule has 7 nitrogen and oxygen atoms in total. The van der Waals surface area contributed by atoms with Gasteiger partial charge in [0.15, 0.2) is 0 Å². The molecule has 24 heavy (non-hydrogen) atoms. The highest BCUT2D eigenvalue weighted by Crippen LogP contribution is 2.22. The Kier molecular flexibility index (Phi) is 4.50. The number of aromatic nitrogens is 3. The number of esters is 1. The molecule has 0 aliphatic heterocycles. The lowest BCUT2D eigenvalue weighted by atomic mass is 10.2. The maximum atomic E-state index is 12.0. The van der Waals surface area contributed by atoms with Crippen LogP contribution in [0.4, 0.5) is 0 Å². The SMILES string of the molecule is CCc1nn2c(=O)cc(COC(=O)c3cc(Cl)ccc3O)nc2s1. The van der Waals surface area contributed by atoms with Crippen molar-refractivity contribution in [3.63, 3.8) is 0 Å². The Balaban J connectivity index is 1.81. The summed E-state index contributed by atoms with van der Waals surface area (Å²) in [5, 5.41) is 14.9. The van der Waals surface area contributed by atoms with Crippen LogP contribution in [0.15, 0.2) is 29.1 Å². The normalized spacial score (nSPS) is 10.9. The minimum absolute atomic E-state index is 0.0497. The van der Waals surface area contributed by atoms with E-state index in [1.54, 1.807) is 0 Å². The highest BCUT2D eigenvalue weighted by atomic mass is 35.5. The lowest BCUT2D eigenvalue weighted by Gasteiger charge is -2.06. The molecule has 2 aromatic heterocycles. The Hall–Kier alpha value is -2.45. The van der Waals surface area contributed by atoms with Gasteiger partial charge in [-0.15, -0.1) is 0 Å². The molecule has 0 atom stereocenters. The molecule has 0 saturated carbocycles. The van der Waals surface area contributed by atoms with Crippen LogP contribution in [0, 0.1) is 0 Å². The zero-order valence-electron chi connectivity index (χ0n) is 12.5. The molecule has 0 aliphatic rings. The van der Waals surface area contributed by atoms with Crippen molar-refractivity contribution in [1.29, 1.82) is 0 Å². The number of phenols is 1. The van der Waals surface area contributed by atoms with E-state index in [-0.39, 0.29) is 23.5 Å². The molecule has 2 heterocycles. The Bertz CT molecular complexity index is 982. The molecule has 0 radical (unpaired) electrons. The van der Waals surface area contributed by atoms with Gasteiger partial charge in [-0.3, -0.25) is 4.79 Å². The first-order chi connectivity index (χ1) is 11.5. The third-order valence-corrected chi connectivity index (χ3v) is 4.46. The fourth-order valence-electron chi connectivity index (χ4n) is 2.00. The monoisotopic (exact) mass is 365 g/mol. The van der Waals surface area contributed by atoms with Gasteiger partial charge in [0.1, 0.15) is 22.9 Å². The summed E-state index contributed by atoms with van der Waals surface area (Å²) in [5.41, 5.74) is -0.0832. The van der Waals surface area contributed by atoms with Crippen LogP contribution in [0.25, 0.3) is 4.96 Å². The largest absolute Gasteiger partial charge is 0.507 e. The van der Waals surface area contributed by atoms with Crippen molar-refractivity contribution < 1.29 is 14.6 Å². The molecule has 0 unspecified atom stereocenters. The molecule has 3 rings (SSSR count). The molecule has 0 bridgehead atoms. The summed E-state index contributed by atoms with van der Waals surface area (Å²) in [4.78, 5) is 28.7. The van der Waals surface area contributed by atoms with E-state index in [1.165, 1.54) is 40.1 Å². The van der Waals surface area contributed by atoms with E-state index in [4.69, 9.17) is 16.3 Å². The number of aryl methyl sites for hydroxylation is 1. The molecule has 3 aromatic rings. The van der Waals surface area contributed by atoms with Crippen LogP contribution in [-0.2, 0) is 17.8 Å². The van der Waals surface area contributed by atoms with Crippen LogP contribution in [-0.4, -0.2) is 25.7 Å². The molecule has 1 N–H and O–H groups in total. The van der Waals surface area contributed by atoms with Gasteiger partial charge in [0.25, 0.3) is 5.56 Å². The van der Waals surface area contributed by atoms with Crippen molar-refractivity contribution >= 4 is 33.9 Å². The van der Waals surface area contributed by atoms with E-state index in [0.29, 0.717) is 22.1 Å². The molecule has 1 aromatic carbocycles. The highest BCUT2D eigenvalue weighted by molar-refractivity contribution is 7.16. The molecule has 0 amide bonds. The second-order valence-electron chi connectivity index (χ2n) is 4.87. The predicted molar refractivity (Wildman–Crippen MR) is 88.7 cm³/mol. The minimum Gasteiger partial charge on any atom is -0.507 e. The molecule has 124 valence electrons. The molecule has 0 saturated heterocycles. The zero-order chi connectivity index (χ0) is 17.3. The maximum absolute atomic E-state index is 12.0. The van der Waals surface area contributed by atoms with Crippen molar-refractivity contribution in [2.24, 2.45) is 0 Å². The van der Waals surface area contributed by atoms with Crippen molar-refractivity contribution in [3.05, 3.63) is 55.9 Å². The van der Waals surface area contributed by atoms with Gasteiger partial charge < -0.3 is 9.84 Å². The molecular weight excluding hydrogens is 354 g/mol. The van der Waals surface area contributed by atoms with Crippen molar-refractivity contribution in [2.45, 2.75) is 20.0 Å². The Morgan fingerprint density at radius 1 is 1.42 bits per heavy atom. The van der Waals surface area contributed by atoms with Crippen LogP contribution in [0.2, 0.25) is 5.02 Å². The van der Waals surface area contributed by atoms with E-state index in [0.717, 1.165) is 5.01 Å². The first kappa shape index (κ1) is 16.4. The first-order valence-corrected chi connectivity index (χ1v) is 8.21. The van der Waals surface area contributed by atoms with Gasteiger partial charge in [0.2, 0.25) is 4.96 Å². The topological polar surface area (TPSA) is 93.8 Å². The van der Waals surface area contributed by atoms with Crippen LogP contribution in [0.3, 0.4) is 0 Å². The van der Waals surface area contributed by atoms with Gasteiger partial charge in [-0.1, -0.05) is 29.9 Å². The van der Waals surface area contributed by atoms with Gasteiger partial charge >= 0.3 is 5.97 Å². The molecule has 0 spiro atoms. The van der Waals surface area contributed by atoms with E-state index < -0.39 is 5.97 Å². The van der Waals surface area contributed by atoms with E-state index >= 15 is 0 Å². The summed E-state index contributed by atoms with van der Waals surface area (Å²) < 4.78 is 6.32. The summed E-state index contributed by atoms with van der Waals surface area (Å²) in [6.45, 7) is 1.73. The van der Waals surface area contributed by atoms with Gasteiger partial charge in [-0.2, -0.15) is 9.61 Å². The molecule has 0 aliphatic carbocycles. The lowest BCUT2D eigenvalue weighted by molar-refractivity contribution is 0.0464. The molecular formula is C15H12ClN3O4S. The van der Waals surface area contributed by atoms with Crippen LogP contribution >= 0.6 is 22.9 Å². The number of aromatic hydroxyl groups is 1. The van der Waals surface area contributed by atoms with Gasteiger partial charge in [0, 0.05) is 11.1 Å². The Labute approximate surface area is 145 Å². The summed E-state index contributed by atoms with van der Waals surface area (Å²) in [5.74, 6) is -0.988. The van der Waals surface area contributed by atoms with E-state index in [9.17, 15) is 14.7 Å². The third-order valence-electron chi connectivity index (χ3n) is 3.17. The Morgan fingerprint density at radius 2 is 2.21 bits per heavy atom. The number of hydrogen-bond acceptors (Lipinski definition) is 7. The number of carbonyl (C=O) groups excluding carboxylic acids is 1. The summed E-state index contributed by atoms with van der Waals surface area (Å²) in [6.07, 6.45) is 0.700. The summed E-state index contributed by atoms with van der Waals surface area (Å²) in [6, 6.07) is 5.33. The number of nitrogens with zero attached hydrogens (tertiary/aromatic N) is 3. The quantitative estimate of drug-likeness (QED) is 0.713. The number of hydrogen-bond donors (Lipinski definition) is 1. The number of fused-ring (bicyclic) bond motifs is 1. The predicted octanol–water partition coefficient (Wildman–Crippen LogP) is 2.43. The van der Waals surface area contributed by atoms with Gasteiger partial charge in [-0.25, -0.2) is 9.78 Å². The number of ether oxygens (including phenoxy) is 1. The summed E-state index contributed by atoms with van der Waals surface area (Å²) >= 11 is 7.10. The smallest absolute Gasteiger partial charge is 0.342 e. The van der Waals surface area contributed by atoms with Crippen molar-refractivity contribution in [1.82, 2.24) is 14.6 Å². The maximum Gasteiger partial charge on any atom is 0.342 e. The highest BCUT2D eigenvalue weighted by Gasteiger charge is 2.15. The van der Waals surface area contributed by atoms with Crippen LogP contribution < -0.4 is 5.56 Å². The van der Waals surface area contributed by atoms with Crippen LogP contribution in [0.1, 0.15) is 28.0 Å². The fourth-order valence-corrected chi connectivity index (χ4v) is 3.03. The first-order valence-electron chi connectivity index (χ1n) is 7.02. The summed E-state index contributed by atoms with van der Waals surface area (Å²) in [7, 11) is 0. The number of halogens is 1. The average molecular weight is 366 g/mol. The Morgan fingerprint density at radius 3 is 2.96 bits per heavy atom. The standard InChI is InChI=1S/C15H12ClN3O4S/c1-2-12-18-19-13(21)6-9(17-15(19)24-12)7-23-14(22)10-5-8(16)3-4-11(10)20/h3-6,20H,2,7H2,1H3. The number of benzene rings is 1. The fraction of sp³-hybridized carbons (Fsp3) is 0.200. The van der Waals surface area contributed by atoms with E-state index in [2.05, 4.69) is 10.1 Å². The second-order valence-corrected chi connectivity index (χ2v) is 6.34. The number of phenolic OH excluding ortho intramolecular Hbond substituents is 1. The average Bonchev–Trinajstić information content (AvgIpc) is 2.98. The van der Waals surface area contributed by atoms with Crippen LogP contribution in [0.5, 0.6) is 5.75 Å². The molecule has 0 fully saturated rings. The second kappa shape index (κ2) is 6.58. The van der Waals surface area contributed by atoms with Gasteiger partial charge in [-0.05, 0) is 24.6 Å². The minimum atomic E-state index is -0.754. The van der Waals surface area contributed by atoms with Crippen molar-refractivity contribution in [2.75, 3.05) is 0 Å². The van der Waals surface area contributed by atoms with Crippen molar-refractivity contribution in [3.8, 4) is 5.75 Å².